The Labute approximate surface area is 325 Å². The third kappa shape index (κ3) is 5.77. The maximum Gasteiger partial charge on any atom is 0.164 e. The topological polar surface area (TPSA) is 77.6 Å². The molecule has 0 atom stereocenters. The number of fused-ring (bicyclic) bond motifs is 5. The van der Waals surface area contributed by atoms with E-state index in [1.165, 1.54) is 37.7 Å². The standard InChI is InChI=1S/C50H37N5O/c1-3-10-34(11-4-1)46-53-47(35-12-5-2-6-13-35)55-49(54-46)37-15-9-14-36(28-37)43-30-42(33-18-21-39(22-19-33)50-26-24-32(31-50)25-27-50)51-48(52-43)38-20-23-41-40-16-7-8-17-44(40)56-45(41)29-38/h1-23,28-30,32H,24-27,31H2. The molecule has 56 heavy (non-hydrogen) atoms. The van der Waals surface area contributed by atoms with Gasteiger partial charge in [-0.3, -0.25) is 0 Å². The Hall–Kier alpha value is -6.79. The van der Waals surface area contributed by atoms with Gasteiger partial charge in [0.15, 0.2) is 23.3 Å². The van der Waals surface area contributed by atoms with Crippen LogP contribution in [0.15, 0.2) is 162 Å². The average Bonchev–Trinajstić information content (AvgIpc) is 4.01. The Kier molecular flexibility index (Phi) is 7.69. The molecule has 6 heteroatoms. The largest absolute Gasteiger partial charge is 0.456 e. The van der Waals surface area contributed by atoms with Gasteiger partial charge in [0.2, 0.25) is 0 Å². The van der Waals surface area contributed by atoms with Gasteiger partial charge in [0.1, 0.15) is 11.2 Å². The van der Waals surface area contributed by atoms with Gasteiger partial charge in [0, 0.05) is 44.2 Å². The number of nitrogens with zero attached hydrogens (tertiary/aromatic N) is 5. The first-order valence-electron chi connectivity index (χ1n) is 19.5. The van der Waals surface area contributed by atoms with Gasteiger partial charge in [-0.25, -0.2) is 24.9 Å². The fourth-order valence-electron chi connectivity index (χ4n) is 9.08. The second-order valence-electron chi connectivity index (χ2n) is 15.4. The SMILES string of the molecule is c1ccc(-c2nc(-c3ccccc3)nc(-c3cccc(-c4cc(-c5ccc(C67CCC(CC6)C7)cc5)nc(-c5ccc6c(c5)oc5ccccc56)n4)c3)n2)cc1. The fraction of sp³-hybridized carbons (Fsp3) is 0.140. The Morgan fingerprint density at radius 2 is 0.946 bits per heavy atom. The van der Waals surface area contributed by atoms with Gasteiger partial charge in [-0.15, -0.1) is 0 Å². The van der Waals surface area contributed by atoms with Crippen molar-refractivity contribution in [2.24, 2.45) is 5.92 Å². The highest BCUT2D eigenvalue weighted by Gasteiger charge is 2.45. The van der Waals surface area contributed by atoms with E-state index >= 15 is 0 Å². The monoisotopic (exact) mass is 723 g/mol. The molecule has 0 saturated heterocycles. The van der Waals surface area contributed by atoms with Gasteiger partial charge >= 0.3 is 0 Å². The lowest BCUT2D eigenvalue weighted by molar-refractivity contribution is 0.419. The van der Waals surface area contributed by atoms with Crippen molar-refractivity contribution in [2.45, 2.75) is 37.5 Å². The predicted molar refractivity (Wildman–Crippen MR) is 224 cm³/mol. The number of furan rings is 1. The van der Waals surface area contributed by atoms with Crippen LogP contribution in [0.5, 0.6) is 0 Å². The number of para-hydroxylation sites is 1. The quantitative estimate of drug-likeness (QED) is 0.163. The lowest BCUT2D eigenvalue weighted by atomic mass is 9.77. The molecule has 11 rings (SSSR count). The molecule has 0 amide bonds. The summed E-state index contributed by atoms with van der Waals surface area (Å²) in [5, 5.41) is 2.17. The molecule has 0 radical (unpaired) electrons. The predicted octanol–water partition coefficient (Wildman–Crippen LogP) is 12.4. The molecular formula is C50H37N5O. The van der Waals surface area contributed by atoms with Crippen LogP contribution >= 0.6 is 0 Å². The van der Waals surface area contributed by atoms with Gasteiger partial charge in [0.05, 0.1) is 11.4 Å². The van der Waals surface area contributed by atoms with Crippen molar-refractivity contribution in [1.82, 2.24) is 24.9 Å². The molecule has 9 aromatic rings. The molecule has 2 aliphatic rings. The molecule has 3 aromatic heterocycles. The summed E-state index contributed by atoms with van der Waals surface area (Å²) in [5.41, 5.74) is 10.8. The molecule has 6 aromatic carbocycles. The Balaban J connectivity index is 1.04. The van der Waals surface area contributed by atoms with Crippen LogP contribution in [-0.2, 0) is 5.41 Å². The molecule has 2 bridgehead atoms. The maximum absolute atomic E-state index is 6.30. The lowest BCUT2D eigenvalue weighted by Gasteiger charge is -2.27. The Morgan fingerprint density at radius 1 is 0.411 bits per heavy atom. The number of hydrogen-bond acceptors (Lipinski definition) is 6. The zero-order valence-electron chi connectivity index (χ0n) is 30.8. The van der Waals surface area contributed by atoms with Crippen molar-refractivity contribution in [3.8, 4) is 68.1 Å². The van der Waals surface area contributed by atoms with Crippen molar-refractivity contribution in [3.63, 3.8) is 0 Å². The third-order valence-corrected chi connectivity index (χ3v) is 12.0. The number of aromatic nitrogens is 5. The van der Waals surface area contributed by atoms with E-state index < -0.39 is 0 Å². The summed E-state index contributed by atoms with van der Waals surface area (Å²) in [4.78, 5) is 25.4. The summed E-state index contributed by atoms with van der Waals surface area (Å²) in [6.07, 6.45) is 6.66. The second-order valence-corrected chi connectivity index (χ2v) is 15.4. The molecule has 0 spiro atoms. The van der Waals surface area contributed by atoms with Gasteiger partial charge in [-0.05, 0) is 79.3 Å². The Bertz CT molecular complexity index is 2840. The summed E-state index contributed by atoms with van der Waals surface area (Å²) < 4.78 is 6.30. The lowest BCUT2D eigenvalue weighted by Crippen LogP contribution is -2.19. The first-order chi connectivity index (χ1) is 27.6. The van der Waals surface area contributed by atoms with E-state index in [-0.39, 0.29) is 0 Å². The molecule has 0 aliphatic heterocycles. The Morgan fingerprint density at radius 3 is 1.62 bits per heavy atom. The number of rotatable bonds is 7. The molecule has 0 unspecified atom stereocenters. The number of hydrogen-bond donors (Lipinski definition) is 0. The highest BCUT2D eigenvalue weighted by atomic mass is 16.3. The van der Waals surface area contributed by atoms with Crippen LogP contribution in [0.2, 0.25) is 0 Å². The van der Waals surface area contributed by atoms with E-state index in [9.17, 15) is 0 Å². The highest BCUT2D eigenvalue weighted by molar-refractivity contribution is 6.05. The van der Waals surface area contributed by atoms with Gasteiger partial charge in [0.25, 0.3) is 0 Å². The van der Waals surface area contributed by atoms with Crippen molar-refractivity contribution in [1.29, 1.82) is 0 Å². The average molecular weight is 724 g/mol. The van der Waals surface area contributed by atoms with E-state index in [1.54, 1.807) is 0 Å². The molecule has 6 nitrogen and oxygen atoms in total. The molecule has 268 valence electrons. The van der Waals surface area contributed by atoms with Gasteiger partial charge in [-0.1, -0.05) is 127 Å². The minimum atomic E-state index is 0.351. The second kappa shape index (κ2) is 13.2. The number of benzene rings is 6. The molecule has 3 heterocycles. The first kappa shape index (κ1) is 32.6. The van der Waals surface area contributed by atoms with Crippen molar-refractivity contribution in [2.75, 3.05) is 0 Å². The molecule has 0 N–H and O–H groups in total. The van der Waals surface area contributed by atoms with E-state index in [1.807, 2.05) is 84.9 Å². The van der Waals surface area contributed by atoms with Crippen LogP contribution in [0, 0.1) is 5.92 Å². The van der Waals surface area contributed by atoms with Crippen LogP contribution in [0.1, 0.15) is 37.7 Å². The summed E-state index contributed by atoms with van der Waals surface area (Å²) >= 11 is 0. The first-order valence-corrected chi connectivity index (χ1v) is 19.5. The summed E-state index contributed by atoms with van der Waals surface area (Å²) in [7, 11) is 0. The third-order valence-electron chi connectivity index (χ3n) is 12.0. The zero-order chi connectivity index (χ0) is 37.1. The summed E-state index contributed by atoms with van der Waals surface area (Å²) in [6.45, 7) is 0. The summed E-state index contributed by atoms with van der Waals surface area (Å²) in [5.74, 6) is 3.39. The fourth-order valence-corrected chi connectivity index (χ4v) is 9.08. The van der Waals surface area contributed by atoms with Crippen LogP contribution < -0.4 is 0 Å². The van der Waals surface area contributed by atoms with Crippen molar-refractivity contribution >= 4 is 21.9 Å². The summed E-state index contributed by atoms with van der Waals surface area (Å²) in [6, 6.07) is 54.2. The molecule has 2 saturated carbocycles. The molecule has 2 aliphatic carbocycles. The van der Waals surface area contributed by atoms with E-state index in [0.29, 0.717) is 28.7 Å². The minimum Gasteiger partial charge on any atom is -0.456 e. The van der Waals surface area contributed by atoms with E-state index in [0.717, 1.165) is 72.6 Å². The van der Waals surface area contributed by atoms with Crippen LogP contribution in [0.4, 0.5) is 0 Å². The zero-order valence-corrected chi connectivity index (χ0v) is 30.8. The van der Waals surface area contributed by atoms with Crippen molar-refractivity contribution < 1.29 is 4.42 Å². The smallest absolute Gasteiger partial charge is 0.164 e. The van der Waals surface area contributed by atoms with E-state index in [4.69, 9.17) is 29.3 Å². The minimum absolute atomic E-state index is 0.351. The van der Waals surface area contributed by atoms with Crippen LogP contribution in [-0.4, -0.2) is 24.9 Å². The molecule has 2 fully saturated rings. The van der Waals surface area contributed by atoms with E-state index in [2.05, 4.69) is 72.8 Å². The van der Waals surface area contributed by atoms with Crippen LogP contribution in [0.3, 0.4) is 0 Å². The highest BCUT2D eigenvalue weighted by Crippen LogP contribution is 2.55. The molecular weight excluding hydrogens is 687 g/mol. The maximum atomic E-state index is 6.30. The normalized spacial score (nSPS) is 17.5. The van der Waals surface area contributed by atoms with Crippen molar-refractivity contribution in [3.05, 3.63) is 163 Å². The van der Waals surface area contributed by atoms with Gasteiger partial charge < -0.3 is 4.42 Å². The van der Waals surface area contributed by atoms with Gasteiger partial charge in [-0.2, -0.15) is 0 Å². The van der Waals surface area contributed by atoms with Crippen LogP contribution in [0.25, 0.3) is 90.0 Å².